The highest BCUT2D eigenvalue weighted by atomic mass is 19.1. The van der Waals surface area contributed by atoms with Crippen molar-refractivity contribution in [3.8, 4) is 28.3 Å². The number of halogens is 1. The van der Waals surface area contributed by atoms with E-state index in [1.54, 1.807) is 24.5 Å². The molecule has 0 bridgehead atoms. The number of alkyl halides is 1. The molecule has 1 heterocycles. The fraction of sp³-hybridized carbons (Fsp3) is 0.452. The predicted molar refractivity (Wildman–Crippen MR) is 145 cm³/mol. The van der Waals surface area contributed by atoms with E-state index in [1.165, 1.54) is 57.4 Å². The molecule has 3 aromatic rings. The molecule has 0 saturated heterocycles. The minimum Gasteiger partial charge on any atom is -0.424 e. The molecule has 5 heteroatoms. The number of aryl methyl sites for hydroxylation is 1. The summed E-state index contributed by atoms with van der Waals surface area (Å²) in [7, 11) is 0. The van der Waals surface area contributed by atoms with Crippen LogP contribution in [0.5, 0.6) is 5.75 Å². The summed E-state index contributed by atoms with van der Waals surface area (Å²) in [5, 5.41) is 0. The van der Waals surface area contributed by atoms with Crippen molar-refractivity contribution in [2.24, 2.45) is 0 Å². The zero-order valence-electron chi connectivity index (χ0n) is 21.9. The van der Waals surface area contributed by atoms with Gasteiger partial charge in [-0.05, 0) is 49.4 Å². The predicted octanol–water partition coefficient (Wildman–Crippen LogP) is 8.54. The van der Waals surface area contributed by atoms with E-state index in [2.05, 4.69) is 41.2 Å². The molecule has 2 aromatic carbocycles. The largest absolute Gasteiger partial charge is 0.424 e. The van der Waals surface area contributed by atoms with Crippen LogP contribution in [0.1, 0.15) is 84.1 Å². The smallest absolute Gasteiger partial charge is 0.348 e. The molecule has 4 nitrogen and oxygen atoms in total. The number of carbonyl (C=O) groups is 1. The molecule has 3 rings (SSSR count). The van der Waals surface area contributed by atoms with Crippen LogP contribution in [-0.4, -0.2) is 21.6 Å². The molecule has 36 heavy (non-hydrogen) atoms. The Morgan fingerprint density at radius 3 is 1.97 bits per heavy atom. The standard InChI is InChI=1S/C31H39FN2O2/c1-4-6-7-8-9-10-11-12-24-13-15-26(16-14-24)29-33-22-27(23-34-29)25-17-19-28(20-18-25)36-30(35)31(3,32)21-5-2/h13-20,22-23H,4-12,21H2,1-3H3. The van der Waals surface area contributed by atoms with Crippen molar-refractivity contribution in [1.82, 2.24) is 9.97 Å². The van der Waals surface area contributed by atoms with Gasteiger partial charge in [0, 0.05) is 23.5 Å². The minimum absolute atomic E-state index is 0.134. The normalized spacial score (nSPS) is 12.8. The lowest BCUT2D eigenvalue weighted by Gasteiger charge is -2.17. The van der Waals surface area contributed by atoms with Crippen LogP contribution in [0.15, 0.2) is 60.9 Å². The summed E-state index contributed by atoms with van der Waals surface area (Å²) >= 11 is 0. The van der Waals surface area contributed by atoms with Crippen LogP contribution in [0, 0.1) is 0 Å². The minimum atomic E-state index is -1.98. The van der Waals surface area contributed by atoms with E-state index < -0.39 is 11.6 Å². The second-order valence-corrected chi connectivity index (χ2v) is 9.72. The number of benzene rings is 2. The summed E-state index contributed by atoms with van der Waals surface area (Å²) < 4.78 is 19.6. The lowest BCUT2D eigenvalue weighted by molar-refractivity contribution is -0.147. The maximum Gasteiger partial charge on any atom is 0.348 e. The first-order valence-electron chi connectivity index (χ1n) is 13.4. The summed E-state index contributed by atoms with van der Waals surface area (Å²) in [5.41, 5.74) is 2.11. The van der Waals surface area contributed by atoms with Crippen LogP contribution in [0.2, 0.25) is 0 Å². The number of carbonyl (C=O) groups excluding carboxylic acids is 1. The number of hydrogen-bond donors (Lipinski definition) is 0. The van der Waals surface area contributed by atoms with Gasteiger partial charge < -0.3 is 4.74 Å². The lowest BCUT2D eigenvalue weighted by Crippen LogP contribution is -2.34. The first-order valence-corrected chi connectivity index (χ1v) is 13.4. The molecule has 0 aliphatic heterocycles. The average molecular weight is 491 g/mol. The highest BCUT2D eigenvalue weighted by Gasteiger charge is 2.34. The molecule has 0 saturated carbocycles. The Morgan fingerprint density at radius 1 is 0.778 bits per heavy atom. The number of ether oxygens (including phenoxy) is 1. The Balaban J connectivity index is 1.52. The quantitative estimate of drug-likeness (QED) is 0.129. The third kappa shape index (κ3) is 8.25. The molecule has 0 fully saturated rings. The average Bonchev–Trinajstić information content (AvgIpc) is 2.89. The first-order chi connectivity index (χ1) is 17.4. The van der Waals surface area contributed by atoms with Gasteiger partial charge in [-0.15, -0.1) is 0 Å². The summed E-state index contributed by atoms with van der Waals surface area (Å²) in [6.45, 7) is 5.35. The lowest BCUT2D eigenvalue weighted by atomic mass is 10.0. The van der Waals surface area contributed by atoms with Gasteiger partial charge in [0.25, 0.3) is 0 Å². The highest BCUT2D eigenvalue weighted by molar-refractivity contribution is 5.81. The molecule has 1 unspecified atom stereocenters. The number of unbranched alkanes of at least 4 members (excludes halogenated alkanes) is 6. The maximum atomic E-state index is 14.3. The second-order valence-electron chi connectivity index (χ2n) is 9.72. The van der Waals surface area contributed by atoms with Gasteiger partial charge in [-0.1, -0.05) is 95.2 Å². The summed E-state index contributed by atoms with van der Waals surface area (Å²) in [6.07, 6.45) is 14.6. The SMILES string of the molecule is CCCCCCCCCc1ccc(-c2ncc(-c3ccc(OC(=O)C(C)(F)CCC)cc3)cn2)cc1. The Morgan fingerprint density at radius 2 is 1.36 bits per heavy atom. The first kappa shape index (κ1) is 27.5. The third-order valence-electron chi connectivity index (χ3n) is 6.48. The van der Waals surface area contributed by atoms with Gasteiger partial charge in [0.2, 0.25) is 5.67 Å². The molecule has 1 aromatic heterocycles. The van der Waals surface area contributed by atoms with Gasteiger partial charge in [0.1, 0.15) is 5.75 Å². The fourth-order valence-corrected chi connectivity index (χ4v) is 4.23. The Labute approximate surface area is 215 Å². The highest BCUT2D eigenvalue weighted by Crippen LogP contribution is 2.26. The van der Waals surface area contributed by atoms with Gasteiger partial charge in [0.15, 0.2) is 5.82 Å². The zero-order chi connectivity index (χ0) is 25.8. The summed E-state index contributed by atoms with van der Waals surface area (Å²) in [5.74, 6) is 0.140. The van der Waals surface area contributed by atoms with Gasteiger partial charge >= 0.3 is 5.97 Å². The third-order valence-corrected chi connectivity index (χ3v) is 6.48. The van der Waals surface area contributed by atoms with E-state index >= 15 is 0 Å². The summed E-state index contributed by atoms with van der Waals surface area (Å²) in [6, 6.07) is 15.5. The second kappa shape index (κ2) is 13.9. The molecule has 0 aliphatic carbocycles. The zero-order valence-corrected chi connectivity index (χ0v) is 21.9. The Hall–Kier alpha value is -3.08. The van der Waals surface area contributed by atoms with Crippen molar-refractivity contribution >= 4 is 5.97 Å². The monoisotopic (exact) mass is 490 g/mol. The fourth-order valence-electron chi connectivity index (χ4n) is 4.23. The van der Waals surface area contributed by atoms with Crippen molar-refractivity contribution in [1.29, 1.82) is 0 Å². The molecule has 0 radical (unpaired) electrons. The van der Waals surface area contributed by atoms with Crippen LogP contribution in [-0.2, 0) is 11.2 Å². The molecule has 0 N–H and O–H groups in total. The van der Waals surface area contributed by atoms with Crippen LogP contribution in [0.25, 0.3) is 22.5 Å². The number of rotatable bonds is 14. The van der Waals surface area contributed by atoms with Crippen molar-refractivity contribution in [3.05, 3.63) is 66.5 Å². The Bertz CT molecular complexity index is 1060. The summed E-state index contributed by atoms with van der Waals surface area (Å²) in [4.78, 5) is 21.2. The van der Waals surface area contributed by atoms with Gasteiger partial charge in [-0.3, -0.25) is 0 Å². The van der Waals surface area contributed by atoms with Crippen molar-refractivity contribution in [2.75, 3.05) is 0 Å². The van der Waals surface area contributed by atoms with Crippen LogP contribution < -0.4 is 4.74 Å². The van der Waals surface area contributed by atoms with Crippen molar-refractivity contribution < 1.29 is 13.9 Å². The van der Waals surface area contributed by atoms with E-state index in [4.69, 9.17) is 4.74 Å². The molecule has 192 valence electrons. The Kier molecular flexibility index (Phi) is 10.6. The van der Waals surface area contributed by atoms with Crippen molar-refractivity contribution in [2.45, 2.75) is 90.6 Å². The molecule has 0 amide bonds. The van der Waals surface area contributed by atoms with E-state index in [0.717, 1.165) is 23.1 Å². The van der Waals surface area contributed by atoms with Gasteiger partial charge in [0.05, 0.1) is 0 Å². The molecular formula is C31H39FN2O2. The van der Waals surface area contributed by atoms with Crippen LogP contribution in [0.3, 0.4) is 0 Å². The van der Waals surface area contributed by atoms with Crippen molar-refractivity contribution in [3.63, 3.8) is 0 Å². The van der Waals surface area contributed by atoms with Gasteiger partial charge in [-0.2, -0.15) is 0 Å². The number of esters is 1. The van der Waals surface area contributed by atoms with Gasteiger partial charge in [-0.25, -0.2) is 19.2 Å². The molecule has 0 spiro atoms. The van der Waals surface area contributed by atoms with Crippen LogP contribution >= 0.6 is 0 Å². The molecule has 0 aliphatic rings. The molecule has 1 atom stereocenters. The van der Waals surface area contributed by atoms with E-state index in [0.29, 0.717) is 18.0 Å². The number of hydrogen-bond acceptors (Lipinski definition) is 4. The van der Waals surface area contributed by atoms with E-state index in [-0.39, 0.29) is 6.42 Å². The topological polar surface area (TPSA) is 52.1 Å². The van der Waals surface area contributed by atoms with Crippen LogP contribution in [0.4, 0.5) is 4.39 Å². The number of nitrogens with zero attached hydrogens (tertiary/aromatic N) is 2. The maximum absolute atomic E-state index is 14.3. The van der Waals surface area contributed by atoms with E-state index in [1.807, 2.05) is 19.1 Å². The molecular weight excluding hydrogens is 451 g/mol. The number of aromatic nitrogens is 2. The van der Waals surface area contributed by atoms with E-state index in [9.17, 15) is 9.18 Å².